The number of hydrogen-bond donors (Lipinski definition) is 9. The Morgan fingerprint density at radius 2 is 1.36 bits per heavy atom. The molecule has 1 aliphatic carbocycles. The molecule has 0 unspecified atom stereocenters. The highest BCUT2D eigenvalue weighted by Gasteiger charge is 2.28. The second-order valence-corrected chi connectivity index (χ2v) is 16.5. The third-order valence-electron chi connectivity index (χ3n) is 6.99. The maximum Gasteiger partial charge on any atom is 0.406 e. The van der Waals surface area contributed by atoms with Crippen LogP contribution in [0, 0.1) is 17.4 Å². The summed E-state index contributed by atoms with van der Waals surface area (Å²) in [6.07, 6.45) is 14.5. The van der Waals surface area contributed by atoms with E-state index in [0.717, 1.165) is 30.8 Å². The molecule has 36 heteroatoms. The molecule has 0 atom stereocenters. The van der Waals surface area contributed by atoms with E-state index >= 15 is 0 Å². The number of nitrogens with zero attached hydrogens (tertiary/aromatic N) is 9. The molecule has 458 valence electrons. The summed E-state index contributed by atoms with van der Waals surface area (Å²) >= 11 is 3.94. The van der Waals surface area contributed by atoms with Gasteiger partial charge >= 0.3 is 12.2 Å². The van der Waals surface area contributed by atoms with Gasteiger partial charge < -0.3 is 70.6 Å². The number of rotatable bonds is 8. The van der Waals surface area contributed by atoms with Crippen LogP contribution in [0.4, 0.5) is 9.59 Å². The number of hydrogen-bond acceptors (Lipinski definition) is 26. The first-order chi connectivity index (χ1) is 38.0. The zero-order valence-corrected chi connectivity index (χ0v) is 52.2. The van der Waals surface area contributed by atoms with Crippen molar-refractivity contribution in [3.8, 4) is 29.7 Å². The van der Waals surface area contributed by atoms with Gasteiger partial charge in [0, 0.05) is 106 Å². The van der Waals surface area contributed by atoms with Crippen LogP contribution < -0.4 is 66.6 Å². The monoisotopic (exact) mass is 1220 g/mol. The Morgan fingerprint density at radius 3 is 1.51 bits per heavy atom. The molecule has 0 saturated heterocycles. The standard InChI is InChI=1S/C5H6N2O.C5H9NO.C4H7N3S.C4H5NO2.C4H9NO2.C4H5NOS.C4H9NO.C3H9N3.C3H4N2OS.C3H7NO2.C3H7NO.C2H7NO2S/c1-8-5-4-6-2-3-7-5;1-6-5(7)4-2-3-4;1-6-4(8-2)7-3-5;1-6-4-2-3-7-5-4;1-3-7-4(6)5-2;1-6-4-2-3-7-5-4;1-3-4(6)5-2;1-5-3(4)6-2;1-6-3-2-4-7-5-3;1-4-3(5)6-2;1-3(5)4-2;1-3-6(2,4)5/h2-4H,1H3;4H,2-3H2,1H3,(H,6,7);1-2H3,(H,6,7);2-3H,1H3;3H2,1-2H3,(H,5,6);2-3H,1H3;3H2,1-2H3,(H,5,6);1-2H3,(H3,4,5,6);2H,1H3;1-2H3,(H,4,5);1-2H3,(H,4,5);3H,1-2H3. The molecule has 5 rings (SSSR count). The number of thioether (sulfide) groups is 1. The molecule has 10 N–H and O–H groups in total. The molecule has 4 aromatic rings. The number of carbonyl (C=O) groups is 5. The molecule has 32 nitrogen and oxygen atoms in total. The summed E-state index contributed by atoms with van der Waals surface area (Å²) in [7, 11) is 19.0. The molecule has 0 aromatic carbocycles. The second-order valence-electron chi connectivity index (χ2n) is 12.5. The fourth-order valence-corrected chi connectivity index (χ4v) is 3.83. The van der Waals surface area contributed by atoms with Gasteiger partial charge in [-0.15, -0.1) is 4.37 Å². The second kappa shape index (κ2) is 65.4. The van der Waals surface area contributed by atoms with Crippen molar-refractivity contribution >= 4 is 86.1 Å². The van der Waals surface area contributed by atoms with E-state index in [-0.39, 0.29) is 23.8 Å². The molecule has 0 aliphatic heterocycles. The smallest absolute Gasteiger partial charge is 0.406 e. The number of aromatic nitrogens is 6. The van der Waals surface area contributed by atoms with Crippen LogP contribution in [0.3, 0.4) is 0 Å². The van der Waals surface area contributed by atoms with Crippen LogP contribution in [0.15, 0.2) is 63.1 Å². The molecule has 5 amide bonds. The molecule has 1 fully saturated rings. The minimum atomic E-state index is -2.91. The van der Waals surface area contributed by atoms with Crippen molar-refractivity contribution in [1.82, 2.24) is 70.2 Å². The van der Waals surface area contributed by atoms with Crippen molar-refractivity contribution in [2.24, 2.45) is 21.6 Å². The number of nitriles is 1. The number of carbonyl (C=O) groups excluding carboxylic acids is 5. The van der Waals surface area contributed by atoms with Crippen molar-refractivity contribution in [2.75, 3.05) is 118 Å². The zero-order chi connectivity index (χ0) is 63.0. The van der Waals surface area contributed by atoms with Crippen molar-refractivity contribution in [1.29, 1.82) is 5.26 Å². The number of nitrogens with two attached hydrogens (primary N) is 1. The van der Waals surface area contributed by atoms with Gasteiger partial charge in [0.15, 0.2) is 17.3 Å². The van der Waals surface area contributed by atoms with Gasteiger partial charge in [-0.05, 0) is 49.8 Å². The molecule has 0 bridgehead atoms. The lowest BCUT2D eigenvalue weighted by molar-refractivity contribution is -0.122. The first-order valence-corrected chi connectivity index (χ1v) is 27.3. The zero-order valence-electron chi connectivity index (χ0n) is 49.0. The summed E-state index contributed by atoms with van der Waals surface area (Å²) in [5.41, 5.74) is 5.11. The van der Waals surface area contributed by atoms with Gasteiger partial charge in [0.1, 0.15) is 12.5 Å². The molecule has 80 heavy (non-hydrogen) atoms. The van der Waals surface area contributed by atoms with Crippen LogP contribution in [0.25, 0.3) is 0 Å². The summed E-state index contributed by atoms with van der Waals surface area (Å²) in [5.74, 6) is 3.49. The normalized spacial score (nSPS) is 9.78. The predicted molar refractivity (Wildman–Crippen MR) is 311 cm³/mol. The van der Waals surface area contributed by atoms with Crippen molar-refractivity contribution in [2.45, 2.75) is 40.0 Å². The maximum atomic E-state index is 10.5. The van der Waals surface area contributed by atoms with Crippen LogP contribution >= 0.6 is 35.0 Å². The highest BCUT2D eigenvalue weighted by atomic mass is 32.2. The maximum absolute atomic E-state index is 10.5. The van der Waals surface area contributed by atoms with Gasteiger partial charge in [-0.25, -0.2) is 27.7 Å². The van der Waals surface area contributed by atoms with E-state index in [1.54, 1.807) is 108 Å². The molecule has 0 spiro atoms. The lowest BCUT2D eigenvalue weighted by atomic mass is 10.4. The Bertz CT molecular complexity index is 2120. The van der Waals surface area contributed by atoms with E-state index in [9.17, 15) is 32.4 Å². The third kappa shape index (κ3) is 74.4. The number of nitrogens with one attached hydrogen (secondary N) is 8. The number of amidine groups is 1. The van der Waals surface area contributed by atoms with Gasteiger partial charge in [0.25, 0.3) is 5.88 Å². The number of ether oxygens (including phenoxy) is 6. The number of methoxy groups -OCH3 is 5. The summed E-state index contributed by atoms with van der Waals surface area (Å²) < 4.78 is 65.0. The van der Waals surface area contributed by atoms with Crippen LogP contribution in [-0.4, -0.2) is 196 Å². The summed E-state index contributed by atoms with van der Waals surface area (Å²) in [6, 6.07) is 3.46. The fourth-order valence-electron chi connectivity index (χ4n) is 2.64. The van der Waals surface area contributed by atoms with Crippen LogP contribution in [0.5, 0.6) is 23.5 Å². The first-order valence-electron chi connectivity index (χ1n) is 22.6. The SMILES string of the molecule is CCC(=O)NC.CCOC(=O)NC.CN=C(N)NC.CN=C(NC#N)SC.CNC(=O)C1CC1.CNC(=O)OC.CNC(C)=O.CNS(C)(=O)=O.COc1ccon1.COc1ccsn1.COc1cnccn1.COc1cnsn1. The van der Waals surface area contributed by atoms with E-state index in [2.05, 4.69) is 98.9 Å². The number of sulfonamides is 1. The van der Waals surface area contributed by atoms with Gasteiger partial charge in [0.2, 0.25) is 45.4 Å². The quantitative estimate of drug-likeness (QED) is 0.0527. The number of guanidine groups is 1. The predicted octanol–water partition coefficient (Wildman–Crippen LogP) is 1.96. The highest BCUT2D eigenvalue weighted by Crippen LogP contribution is 2.28. The minimum absolute atomic E-state index is 0.00463. The Morgan fingerprint density at radius 1 is 0.800 bits per heavy atom. The molecule has 1 aliphatic rings. The Labute approximate surface area is 482 Å². The van der Waals surface area contributed by atoms with E-state index in [1.165, 1.54) is 71.8 Å². The van der Waals surface area contributed by atoms with Crippen LogP contribution in [0.1, 0.15) is 40.0 Å². The van der Waals surface area contributed by atoms with Gasteiger partial charge in [-0.1, -0.05) is 18.7 Å². The van der Waals surface area contributed by atoms with E-state index in [1.807, 2.05) is 24.6 Å². The number of alkyl carbamates (subject to hydrolysis) is 2. The molecule has 4 aromatic heterocycles. The van der Waals surface area contributed by atoms with E-state index in [4.69, 9.17) is 25.2 Å². The molecular formula is C44H84N18O14S4. The number of aliphatic imine (C=N–C) groups is 2. The van der Waals surface area contributed by atoms with E-state index < -0.39 is 16.1 Å². The summed E-state index contributed by atoms with van der Waals surface area (Å²) in [4.78, 5) is 65.1. The lowest BCUT2D eigenvalue weighted by Gasteiger charge is -1.95. The van der Waals surface area contributed by atoms with Crippen LogP contribution in [-0.2, 0) is 33.9 Å². The Kier molecular flexibility index (Phi) is 70.3. The van der Waals surface area contributed by atoms with Crippen molar-refractivity contribution in [3.05, 3.63) is 48.6 Å². The van der Waals surface area contributed by atoms with Gasteiger partial charge in [0.05, 0.1) is 66.3 Å². The fraction of sp³-hybridized carbons (Fsp3) is 0.545. The third-order valence-corrected chi connectivity index (χ3v) is 9.41. The minimum Gasteiger partial charge on any atom is -0.480 e. The average molecular weight is 1220 g/mol. The average Bonchev–Trinajstić information content (AvgIpc) is 3.84. The van der Waals surface area contributed by atoms with Crippen molar-refractivity contribution < 1.29 is 65.3 Å². The Hall–Kier alpha value is -7.88. The van der Waals surface area contributed by atoms with Gasteiger partial charge in [-0.3, -0.25) is 34.7 Å². The number of amides is 5. The van der Waals surface area contributed by atoms with Gasteiger partial charge in [-0.2, -0.15) is 14.0 Å². The molecule has 4 heterocycles. The molecule has 1 saturated carbocycles. The lowest BCUT2D eigenvalue weighted by Crippen LogP contribution is -2.27. The largest absolute Gasteiger partial charge is 0.480 e. The molecule has 0 radical (unpaired) electrons. The van der Waals surface area contributed by atoms with E-state index in [0.29, 0.717) is 53.6 Å². The summed E-state index contributed by atoms with van der Waals surface area (Å²) in [5, 5.41) is 31.1. The van der Waals surface area contributed by atoms with Crippen LogP contribution in [0.2, 0.25) is 0 Å². The molecular weight excluding hydrogens is 1130 g/mol. The highest BCUT2D eigenvalue weighted by molar-refractivity contribution is 8.13. The van der Waals surface area contributed by atoms with Crippen molar-refractivity contribution in [3.63, 3.8) is 0 Å². The Balaban J connectivity index is -0.000000146. The topological polar surface area (TPSA) is 436 Å². The summed E-state index contributed by atoms with van der Waals surface area (Å²) in [6.45, 7) is 5.48. The first kappa shape index (κ1) is 86.0.